The van der Waals surface area contributed by atoms with E-state index in [-0.39, 0.29) is 0 Å². The van der Waals surface area contributed by atoms with Crippen molar-refractivity contribution in [2.75, 3.05) is 20.1 Å². The van der Waals surface area contributed by atoms with Crippen LogP contribution < -0.4 is 5.32 Å². The minimum Gasteiger partial charge on any atom is -0.317 e. The Labute approximate surface area is 96.4 Å². The Morgan fingerprint density at radius 1 is 1.27 bits per heavy atom. The first kappa shape index (κ1) is 14.9. The summed E-state index contributed by atoms with van der Waals surface area (Å²) in [6.07, 6.45) is 2.68. The molecule has 15 heavy (non-hydrogen) atoms. The average molecular weight is 214 g/mol. The summed E-state index contributed by atoms with van der Waals surface area (Å²) in [4.78, 5) is 2.60. The van der Waals surface area contributed by atoms with Crippen LogP contribution in [0.25, 0.3) is 0 Å². The summed E-state index contributed by atoms with van der Waals surface area (Å²) < 4.78 is 0. The second-order valence-electron chi connectivity index (χ2n) is 4.60. The van der Waals surface area contributed by atoms with Gasteiger partial charge in [0.2, 0.25) is 0 Å². The zero-order chi connectivity index (χ0) is 11.8. The molecule has 1 heterocycles. The van der Waals surface area contributed by atoms with E-state index in [4.69, 9.17) is 0 Å². The molecule has 0 saturated carbocycles. The standard InChI is InChI=1S/C11H24N2.C2H6/c1-9(2)13-7-5-6-11(12-4)10(3)8-13;1-2/h9-12H,5-8H2,1-4H3;1-2H3. The molecular weight excluding hydrogens is 184 g/mol. The number of likely N-dealkylation sites (tertiary alicyclic amines) is 1. The summed E-state index contributed by atoms with van der Waals surface area (Å²) >= 11 is 0. The van der Waals surface area contributed by atoms with Gasteiger partial charge in [-0.05, 0) is 46.2 Å². The highest BCUT2D eigenvalue weighted by atomic mass is 15.2. The third-order valence-electron chi connectivity index (χ3n) is 3.27. The molecule has 0 spiro atoms. The lowest BCUT2D eigenvalue weighted by Gasteiger charge is -2.28. The third-order valence-corrected chi connectivity index (χ3v) is 3.27. The molecule has 0 aliphatic carbocycles. The molecule has 1 fully saturated rings. The zero-order valence-corrected chi connectivity index (χ0v) is 11.5. The molecule has 0 radical (unpaired) electrons. The molecule has 2 nitrogen and oxygen atoms in total. The fourth-order valence-electron chi connectivity index (χ4n) is 2.29. The van der Waals surface area contributed by atoms with Crippen LogP contribution in [-0.2, 0) is 0 Å². The van der Waals surface area contributed by atoms with Crippen molar-refractivity contribution in [2.45, 2.75) is 59.5 Å². The normalized spacial score (nSPS) is 28.2. The Morgan fingerprint density at radius 2 is 1.87 bits per heavy atom. The highest BCUT2D eigenvalue weighted by Gasteiger charge is 2.23. The third kappa shape index (κ3) is 4.98. The van der Waals surface area contributed by atoms with Gasteiger partial charge < -0.3 is 10.2 Å². The lowest BCUT2D eigenvalue weighted by atomic mass is 9.99. The molecule has 1 rings (SSSR count). The van der Waals surface area contributed by atoms with E-state index in [1.807, 2.05) is 13.8 Å². The lowest BCUT2D eigenvalue weighted by Crippen LogP contribution is -2.38. The van der Waals surface area contributed by atoms with Crippen LogP contribution in [0.4, 0.5) is 0 Å². The van der Waals surface area contributed by atoms with Gasteiger partial charge in [0.25, 0.3) is 0 Å². The topological polar surface area (TPSA) is 15.3 Å². The predicted molar refractivity (Wildman–Crippen MR) is 69.3 cm³/mol. The summed E-state index contributed by atoms with van der Waals surface area (Å²) in [6.45, 7) is 13.5. The van der Waals surface area contributed by atoms with Crippen molar-refractivity contribution in [3.63, 3.8) is 0 Å². The van der Waals surface area contributed by atoms with Gasteiger partial charge in [-0.15, -0.1) is 0 Å². The molecule has 0 aromatic rings. The Balaban J connectivity index is 0.000000921. The highest BCUT2D eigenvalue weighted by Crippen LogP contribution is 2.17. The quantitative estimate of drug-likeness (QED) is 0.760. The maximum atomic E-state index is 3.43. The number of hydrogen-bond acceptors (Lipinski definition) is 2. The SMILES string of the molecule is CC.CNC1CCCN(C(C)C)CC1C. The van der Waals surface area contributed by atoms with Gasteiger partial charge >= 0.3 is 0 Å². The van der Waals surface area contributed by atoms with Gasteiger partial charge in [0.15, 0.2) is 0 Å². The molecule has 2 heteroatoms. The number of rotatable bonds is 2. The van der Waals surface area contributed by atoms with Gasteiger partial charge in [0.1, 0.15) is 0 Å². The van der Waals surface area contributed by atoms with E-state index in [2.05, 4.69) is 38.0 Å². The molecule has 0 amide bonds. The van der Waals surface area contributed by atoms with Crippen molar-refractivity contribution < 1.29 is 0 Å². The second kappa shape index (κ2) is 8.12. The van der Waals surface area contributed by atoms with Crippen molar-refractivity contribution >= 4 is 0 Å². The Kier molecular flexibility index (Phi) is 8.07. The molecule has 0 aromatic heterocycles. The average Bonchev–Trinajstić information content (AvgIpc) is 2.42. The monoisotopic (exact) mass is 214 g/mol. The summed E-state index contributed by atoms with van der Waals surface area (Å²) in [5, 5.41) is 3.43. The van der Waals surface area contributed by atoms with Gasteiger partial charge in [-0.3, -0.25) is 0 Å². The molecule has 2 unspecified atom stereocenters. The van der Waals surface area contributed by atoms with E-state index in [0.717, 1.165) is 12.0 Å². The van der Waals surface area contributed by atoms with E-state index in [1.54, 1.807) is 0 Å². The van der Waals surface area contributed by atoms with E-state index in [9.17, 15) is 0 Å². The maximum Gasteiger partial charge on any atom is 0.0102 e. The number of nitrogens with zero attached hydrogens (tertiary/aromatic N) is 1. The molecular formula is C13H30N2. The van der Waals surface area contributed by atoms with Crippen molar-refractivity contribution in [3.05, 3.63) is 0 Å². The smallest absolute Gasteiger partial charge is 0.0102 e. The van der Waals surface area contributed by atoms with Crippen LogP contribution in [-0.4, -0.2) is 37.1 Å². The predicted octanol–water partition coefficient (Wildman–Crippen LogP) is 2.74. The first-order valence-corrected chi connectivity index (χ1v) is 6.56. The minimum absolute atomic E-state index is 0.707. The summed E-state index contributed by atoms with van der Waals surface area (Å²) in [5.74, 6) is 0.787. The maximum absolute atomic E-state index is 3.43. The van der Waals surface area contributed by atoms with E-state index >= 15 is 0 Å². The van der Waals surface area contributed by atoms with Crippen molar-refractivity contribution in [2.24, 2.45) is 5.92 Å². The largest absolute Gasteiger partial charge is 0.317 e. The highest BCUT2D eigenvalue weighted by molar-refractivity contribution is 4.80. The van der Waals surface area contributed by atoms with Gasteiger partial charge in [-0.25, -0.2) is 0 Å². The molecule has 0 aromatic carbocycles. The fourth-order valence-corrected chi connectivity index (χ4v) is 2.29. The van der Waals surface area contributed by atoms with Crippen molar-refractivity contribution in [1.29, 1.82) is 0 Å². The van der Waals surface area contributed by atoms with Gasteiger partial charge in [-0.1, -0.05) is 20.8 Å². The fraction of sp³-hybridized carbons (Fsp3) is 1.00. The van der Waals surface area contributed by atoms with E-state index in [0.29, 0.717) is 6.04 Å². The van der Waals surface area contributed by atoms with Crippen LogP contribution in [0.15, 0.2) is 0 Å². The zero-order valence-electron chi connectivity index (χ0n) is 11.5. The molecule has 2 atom stereocenters. The second-order valence-corrected chi connectivity index (χ2v) is 4.60. The van der Waals surface area contributed by atoms with Crippen LogP contribution in [0.5, 0.6) is 0 Å². The molecule has 92 valence electrons. The molecule has 1 N–H and O–H groups in total. The molecule has 0 bridgehead atoms. The van der Waals surface area contributed by atoms with Crippen LogP contribution in [0.1, 0.15) is 47.5 Å². The first-order chi connectivity index (χ1) is 7.15. The molecule has 1 aliphatic heterocycles. The number of nitrogens with one attached hydrogen (secondary N) is 1. The van der Waals surface area contributed by atoms with Crippen LogP contribution in [0, 0.1) is 5.92 Å². The van der Waals surface area contributed by atoms with Crippen molar-refractivity contribution in [3.8, 4) is 0 Å². The van der Waals surface area contributed by atoms with E-state index < -0.39 is 0 Å². The van der Waals surface area contributed by atoms with Crippen LogP contribution in [0.3, 0.4) is 0 Å². The number of hydrogen-bond donors (Lipinski definition) is 1. The Bertz CT molecular complexity index is 145. The van der Waals surface area contributed by atoms with Crippen LogP contribution >= 0.6 is 0 Å². The first-order valence-electron chi connectivity index (χ1n) is 6.56. The minimum atomic E-state index is 0.707. The van der Waals surface area contributed by atoms with Crippen molar-refractivity contribution in [1.82, 2.24) is 10.2 Å². The van der Waals surface area contributed by atoms with Gasteiger partial charge in [0.05, 0.1) is 0 Å². The summed E-state index contributed by atoms with van der Waals surface area (Å²) in [5.41, 5.74) is 0. The Hall–Kier alpha value is -0.0800. The Morgan fingerprint density at radius 3 is 2.33 bits per heavy atom. The molecule has 1 saturated heterocycles. The molecule has 1 aliphatic rings. The van der Waals surface area contributed by atoms with Crippen LogP contribution in [0.2, 0.25) is 0 Å². The summed E-state index contributed by atoms with van der Waals surface area (Å²) in [7, 11) is 2.09. The summed E-state index contributed by atoms with van der Waals surface area (Å²) in [6, 6.07) is 1.43. The van der Waals surface area contributed by atoms with Gasteiger partial charge in [0, 0.05) is 18.6 Å². The lowest BCUT2D eigenvalue weighted by molar-refractivity contribution is 0.201. The van der Waals surface area contributed by atoms with E-state index in [1.165, 1.54) is 25.9 Å². The van der Waals surface area contributed by atoms with Gasteiger partial charge in [-0.2, -0.15) is 0 Å².